The van der Waals surface area contributed by atoms with E-state index < -0.39 is 28.3 Å². The zero-order chi connectivity index (χ0) is 22.0. The van der Waals surface area contributed by atoms with Gasteiger partial charge in [0.1, 0.15) is 17.0 Å². The average Bonchev–Trinajstić information content (AvgIpc) is 3.20. The summed E-state index contributed by atoms with van der Waals surface area (Å²) in [6.45, 7) is 8.77. The summed E-state index contributed by atoms with van der Waals surface area (Å²) in [5, 5.41) is 9.36. The molecule has 2 bridgehead atoms. The second-order valence-corrected chi connectivity index (χ2v) is 9.21. The lowest BCUT2D eigenvalue weighted by molar-refractivity contribution is -0.118. The topological polar surface area (TPSA) is 95.7 Å². The Hall–Kier alpha value is -2.81. The maximum absolute atomic E-state index is 15.1. The van der Waals surface area contributed by atoms with E-state index in [0.29, 0.717) is 19.6 Å². The number of likely N-dealkylation sites (tertiary alicyclic amines) is 1. The van der Waals surface area contributed by atoms with Crippen LogP contribution < -0.4 is 10.3 Å². The summed E-state index contributed by atoms with van der Waals surface area (Å²) in [5.41, 5.74) is -1.46. The summed E-state index contributed by atoms with van der Waals surface area (Å²) in [5.74, 6) is -1.73. The van der Waals surface area contributed by atoms with Crippen molar-refractivity contribution in [3.05, 3.63) is 33.9 Å². The fourth-order valence-corrected chi connectivity index (χ4v) is 4.57. The van der Waals surface area contributed by atoms with Crippen molar-refractivity contribution in [2.45, 2.75) is 51.7 Å². The SMILES string of the molecule is CC(=O)CN1C[C@H]2C[C@@H]1CN2c1nc2c(cc1F)c(=O)c(C(=O)O)cn2C(C)(C)C. The summed E-state index contributed by atoms with van der Waals surface area (Å²) in [7, 11) is 0. The van der Waals surface area contributed by atoms with Gasteiger partial charge < -0.3 is 14.6 Å². The van der Waals surface area contributed by atoms with Crippen LogP contribution in [-0.4, -0.2) is 63.0 Å². The highest BCUT2D eigenvalue weighted by atomic mass is 19.1. The van der Waals surface area contributed by atoms with Gasteiger partial charge >= 0.3 is 5.97 Å². The van der Waals surface area contributed by atoms with Crippen molar-refractivity contribution in [1.82, 2.24) is 14.5 Å². The van der Waals surface area contributed by atoms with E-state index in [1.807, 2.05) is 25.7 Å². The van der Waals surface area contributed by atoms with Gasteiger partial charge in [-0.15, -0.1) is 0 Å². The van der Waals surface area contributed by atoms with Gasteiger partial charge in [-0.3, -0.25) is 14.5 Å². The number of rotatable bonds is 4. The van der Waals surface area contributed by atoms with E-state index in [9.17, 15) is 19.5 Å². The van der Waals surface area contributed by atoms with Gasteiger partial charge in [0.2, 0.25) is 5.43 Å². The molecular weight excluding hydrogens is 391 g/mol. The molecule has 0 saturated carbocycles. The molecule has 0 radical (unpaired) electrons. The number of fused-ring (bicyclic) bond motifs is 3. The van der Waals surface area contributed by atoms with Crippen LogP contribution in [0.1, 0.15) is 44.5 Å². The minimum absolute atomic E-state index is 0.0434. The van der Waals surface area contributed by atoms with Crippen LogP contribution in [0.4, 0.5) is 10.2 Å². The normalized spacial score (nSPS) is 21.6. The van der Waals surface area contributed by atoms with E-state index in [1.54, 1.807) is 11.5 Å². The van der Waals surface area contributed by atoms with Crippen molar-refractivity contribution in [2.24, 2.45) is 0 Å². The molecule has 2 aliphatic rings. The van der Waals surface area contributed by atoms with Crippen molar-refractivity contribution in [3.63, 3.8) is 0 Å². The second-order valence-electron chi connectivity index (χ2n) is 9.21. The lowest BCUT2D eigenvalue weighted by atomic mass is 10.1. The van der Waals surface area contributed by atoms with Gasteiger partial charge in [-0.05, 0) is 40.2 Å². The fraction of sp³-hybridized carbons (Fsp3) is 0.524. The third-order valence-electron chi connectivity index (χ3n) is 5.92. The van der Waals surface area contributed by atoms with Gasteiger partial charge in [0, 0.05) is 36.9 Å². The van der Waals surface area contributed by atoms with Crippen LogP contribution in [-0.2, 0) is 10.3 Å². The standard InChI is InChI=1S/C21H25FN4O4/c1-11(27)7-24-8-13-5-12(24)9-25(13)19-16(22)6-14-17(28)15(20(29)30)10-26(18(14)23-19)21(2,3)4/h6,10,12-13H,5,7-9H2,1-4H3,(H,29,30)/t12-,13-/m1/s1. The van der Waals surface area contributed by atoms with E-state index in [-0.39, 0.29) is 34.7 Å². The number of carbonyl (C=O) groups excluding carboxylic acids is 1. The molecule has 160 valence electrons. The Morgan fingerprint density at radius 1 is 1.27 bits per heavy atom. The third kappa shape index (κ3) is 3.27. The van der Waals surface area contributed by atoms with Gasteiger partial charge in [-0.1, -0.05) is 0 Å². The summed E-state index contributed by atoms with van der Waals surface area (Å²) < 4.78 is 16.7. The number of pyridine rings is 2. The summed E-state index contributed by atoms with van der Waals surface area (Å²) in [6.07, 6.45) is 2.11. The van der Waals surface area contributed by atoms with Gasteiger partial charge in [-0.25, -0.2) is 14.2 Å². The van der Waals surface area contributed by atoms with Crippen LogP contribution in [0.15, 0.2) is 17.1 Å². The molecule has 0 aliphatic carbocycles. The maximum atomic E-state index is 15.1. The number of halogens is 1. The molecule has 2 aliphatic heterocycles. The molecule has 2 aromatic rings. The van der Waals surface area contributed by atoms with Crippen molar-refractivity contribution < 1.29 is 19.1 Å². The monoisotopic (exact) mass is 416 g/mol. The molecule has 2 fully saturated rings. The minimum atomic E-state index is -1.35. The second kappa shape index (κ2) is 6.87. The number of carbonyl (C=O) groups is 2. The van der Waals surface area contributed by atoms with Crippen LogP contribution in [0.3, 0.4) is 0 Å². The number of aromatic carboxylic acids is 1. The van der Waals surface area contributed by atoms with Crippen LogP contribution >= 0.6 is 0 Å². The lowest BCUT2D eigenvalue weighted by Gasteiger charge is -2.35. The number of hydrogen-bond acceptors (Lipinski definition) is 6. The molecular formula is C21H25FN4O4. The molecule has 4 rings (SSSR count). The summed E-state index contributed by atoms with van der Waals surface area (Å²) in [4.78, 5) is 44.2. The van der Waals surface area contributed by atoms with E-state index in [0.717, 1.165) is 12.5 Å². The van der Waals surface area contributed by atoms with Crippen molar-refractivity contribution >= 4 is 28.6 Å². The molecule has 2 saturated heterocycles. The quantitative estimate of drug-likeness (QED) is 0.812. The molecule has 0 aromatic carbocycles. The Morgan fingerprint density at radius 3 is 2.50 bits per heavy atom. The number of carboxylic acids is 1. The number of ketones is 1. The highest BCUT2D eigenvalue weighted by Crippen LogP contribution is 2.35. The molecule has 4 heterocycles. The number of Topliss-reactive ketones (excluding diaryl/α,β-unsaturated/α-hetero) is 1. The minimum Gasteiger partial charge on any atom is -0.477 e. The molecule has 0 amide bonds. The Balaban J connectivity index is 1.82. The Morgan fingerprint density at radius 2 is 1.97 bits per heavy atom. The van der Waals surface area contributed by atoms with Crippen LogP contribution in [0.25, 0.3) is 11.0 Å². The van der Waals surface area contributed by atoms with Crippen molar-refractivity contribution in [3.8, 4) is 0 Å². The van der Waals surface area contributed by atoms with E-state index in [2.05, 4.69) is 9.88 Å². The number of piperazine rings is 1. The van der Waals surface area contributed by atoms with Crippen LogP contribution in [0, 0.1) is 5.82 Å². The largest absolute Gasteiger partial charge is 0.477 e. The summed E-state index contributed by atoms with van der Waals surface area (Å²) in [6, 6.07) is 1.31. The van der Waals surface area contributed by atoms with E-state index in [1.165, 1.54) is 6.20 Å². The predicted octanol–water partition coefficient (Wildman–Crippen LogP) is 1.84. The molecule has 2 aromatic heterocycles. The van der Waals surface area contributed by atoms with Crippen LogP contribution in [0.2, 0.25) is 0 Å². The number of aromatic nitrogens is 2. The molecule has 0 spiro atoms. The van der Waals surface area contributed by atoms with Gasteiger partial charge in [0.05, 0.1) is 11.9 Å². The number of nitrogens with zero attached hydrogens (tertiary/aromatic N) is 4. The van der Waals surface area contributed by atoms with Gasteiger partial charge in [0.25, 0.3) is 0 Å². The Labute approximate surface area is 172 Å². The average molecular weight is 416 g/mol. The molecule has 8 nitrogen and oxygen atoms in total. The Kier molecular flexibility index (Phi) is 4.68. The first-order valence-corrected chi connectivity index (χ1v) is 9.97. The number of hydrogen-bond donors (Lipinski definition) is 1. The first-order chi connectivity index (χ1) is 14.0. The molecule has 30 heavy (non-hydrogen) atoms. The molecule has 1 N–H and O–H groups in total. The number of carboxylic acid groups (broad SMARTS) is 1. The van der Waals surface area contributed by atoms with E-state index >= 15 is 4.39 Å². The zero-order valence-corrected chi connectivity index (χ0v) is 17.5. The highest BCUT2D eigenvalue weighted by Gasteiger charge is 2.44. The van der Waals surface area contributed by atoms with Crippen molar-refractivity contribution in [2.75, 3.05) is 24.5 Å². The van der Waals surface area contributed by atoms with Crippen molar-refractivity contribution in [1.29, 1.82) is 0 Å². The first kappa shape index (κ1) is 20.5. The van der Waals surface area contributed by atoms with Crippen LogP contribution in [0.5, 0.6) is 0 Å². The highest BCUT2D eigenvalue weighted by molar-refractivity contribution is 5.92. The fourth-order valence-electron chi connectivity index (χ4n) is 4.57. The smallest absolute Gasteiger partial charge is 0.341 e. The Bertz CT molecular complexity index is 1120. The molecule has 0 unspecified atom stereocenters. The maximum Gasteiger partial charge on any atom is 0.341 e. The third-order valence-corrected chi connectivity index (χ3v) is 5.92. The lowest BCUT2D eigenvalue weighted by Crippen LogP contribution is -2.48. The van der Waals surface area contributed by atoms with Gasteiger partial charge in [0.15, 0.2) is 11.6 Å². The number of anilines is 1. The predicted molar refractivity (Wildman–Crippen MR) is 110 cm³/mol. The van der Waals surface area contributed by atoms with Gasteiger partial charge in [-0.2, -0.15) is 0 Å². The zero-order valence-electron chi connectivity index (χ0n) is 17.5. The molecule has 9 heteroatoms. The summed E-state index contributed by atoms with van der Waals surface area (Å²) >= 11 is 0. The van der Waals surface area contributed by atoms with E-state index in [4.69, 9.17) is 0 Å². The molecule has 2 atom stereocenters. The first-order valence-electron chi connectivity index (χ1n) is 9.97.